The zero-order chi connectivity index (χ0) is 11.4. The van der Waals surface area contributed by atoms with Crippen molar-refractivity contribution in [2.24, 2.45) is 0 Å². The fourth-order valence-electron chi connectivity index (χ4n) is 0.886. The maximum Gasteiger partial charge on any atom is 0.291 e. The van der Waals surface area contributed by atoms with E-state index >= 15 is 0 Å². The summed E-state index contributed by atoms with van der Waals surface area (Å²) in [7, 11) is 0. The molecule has 6 nitrogen and oxygen atoms in total. The van der Waals surface area contributed by atoms with Crippen LogP contribution in [-0.2, 0) is 9.59 Å². The molecule has 1 aromatic carbocycles. The number of anilines is 1. The van der Waals surface area contributed by atoms with E-state index in [2.05, 4.69) is 5.32 Å². The molecule has 15 heavy (non-hydrogen) atoms. The number of nitrogens with zero attached hydrogens (tertiary/aromatic N) is 1. The van der Waals surface area contributed by atoms with Crippen LogP contribution in [0.4, 0.5) is 11.4 Å². The van der Waals surface area contributed by atoms with Crippen molar-refractivity contribution in [3.05, 3.63) is 34.4 Å². The number of carbonyl (C=O) groups excluding carboxylic acids is 2. The Bertz CT molecular complexity index is 411. The summed E-state index contributed by atoms with van der Waals surface area (Å²) >= 11 is 0. The highest BCUT2D eigenvalue weighted by molar-refractivity contribution is 6.39. The number of nitro benzene ring substituents is 1. The van der Waals surface area contributed by atoms with Crippen LogP contribution in [0.1, 0.15) is 6.92 Å². The van der Waals surface area contributed by atoms with Crippen molar-refractivity contribution in [1.29, 1.82) is 0 Å². The molecule has 0 aliphatic heterocycles. The molecule has 0 saturated carbocycles. The number of Topliss-reactive ketones (excluding diaryl/α,β-unsaturated/α-hetero) is 1. The third-order valence-corrected chi connectivity index (χ3v) is 1.66. The molecule has 1 N–H and O–H groups in total. The van der Waals surface area contributed by atoms with Gasteiger partial charge in [0.2, 0.25) is 5.78 Å². The Morgan fingerprint density at radius 1 is 1.27 bits per heavy atom. The Morgan fingerprint density at radius 3 is 2.20 bits per heavy atom. The van der Waals surface area contributed by atoms with Crippen LogP contribution in [-0.4, -0.2) is 16.6 Å². The van der Waals surface area contributed by atoms with Gasteiger partial charge in [0.15, 0.2) is 0 Å². The number of nitro groups is 1. The Kier molecular flexibility index (Phi) is 3.12. The van der Waals surface area contributed by atoms with Gasteiger partial charge >= 0.3 is 0 Å². The molecule has 0 spiro atoms. The largest absolute Gasteiger partial charge is 0.319 e. The first-order valence-corrected chi connectivity index (χ1v) is 4.07. The Labute approximate surface area is 85.1 Å². The van der Waals surface area contributed by atoms with Crippen LogP contribution in [0.25, 0.3) is 0 Å². The topological polar surface area (TPSA) is 89.3 Å². The Hall–Kier alpha value is -2.24. The quantitative estimate of drug-likeness (QED) is 0.458. The van der Waals surface area contributed by atoms with Gasteiger partial charge < -0.3 is 5.32 Å². The SMILES string of the molecule is CC(=O)C(=O)Nc1ccc([N+](=O)[O-])cc1. The number of nitrogens with one attached hydrogen (secondary N) is 1. The summed E-state index contributed by atoms with van der Waals surface area (Å²) in [6, 6.07) is 5.21. The van der Waals surface area contributed by atoms with E-state index in [9.17, 15) is 19.7 Å². The summed E-state index contributed by atoms with van der Waals surface area (Å²) < 4.78 is 0. The summed E-state index contributed by atoms with van der Waals surface area (Å²) in [6.45, 7) is 1.14. The summed E-state index contributed by atoms with van der Waals surface area (Å²) in [4.78, 5) is 31.3. The fraction of sp³-hybridized carbons (Fsp3) is 0.111. The lowest BCUT2D eigenvalue weighted by Crippen LogP contribution is -2.19. The minimum Gasteiger partial charge on any atom is -0.319 e. The molecule has 1 amide bonds. The number of ketones is 1. The normalized spacial score (nSPS) is 9.40. The van der Waals surface area contributed by atoms with Gasteiger partial charge in [-0.2, -0.15) is 0 Å². The minimum atomic E-state index is -0.746. The molecular weight excluding hydrogens is 200 g/mol. The maximum absolute atomic E-state index is 10.9. The number of rotatable bonds is 3. The summed E-state index contributed by atoms with van der Waals surface area (Å²) in [5, 5.41) is 12.6. The first kappa shape index (κ1) is 10.8. The summed E-state index contributed by atoms with van der Waals surface area (Å²) in [5.74, 6) is -1.36. The standard InChI is InChI=1S/C9H8N2O4/c1-6(12)9(13)10-7-2-4-8(5-3-7)11(14)15/h2-5H,1H3,(H,10,13). The van der Waals surface area contributed by atoms with E-state index < -0.39 is 16.6 Å². The van der Waals surface area contributed by atoms with Crippen LogP contribution < -0.4 is 5.32 Å². The van der Waals surface area contributed by atoms with Crippen molar-refractivity contribution in [3.8, 4) is 0 Å². The molecule has 6 heteroatoms. The van der Waals surface area contributed by atoms with E-state index in [0.717, 1.165) is 6.92 Å². The summed E-state index contributed by atoms with van der Waals surface area (Å²) in [5.41, 5.74) is 0.275. The lowest BCUT2D eigenvalue weighted by molar-refractivity contribution is -0.384. The highest BCUT2D eigenvalue weighted by Gasteiger charge is 2.09. The van der Waals surface area contributed by atoms with Crippen LogP contribution in [0.5, 0.6) is 0 Å². The summed E-state index contributed by atoms with van der Waals surface area (Å²) in [6.07, 6.45) is 0. The molecule has 1 rings (SSSR count). The number of carbonyl (C=O) groups is 2. The second-order valence-electron chi connectivity index (χ2n) is 2.81. The van der Waals surface area contributed by atoms with Crippen molar-refractivity contribution < 1.29 is 14.5 Å². The molecule has 78 valence electrons. The molecule has 0 atom stereocenters. The lowest BCUT2D eigenvalue weighted by atomic mass is 10.3. The van der Waals surface area contributed by atoms with Gasteiger partial charge in [0.25, 0.3) is 11.6 Å². The van der Waals surface area contributed by atoms with E-state index in [1.807, 2.05) is 0 Å². The van der Waals surface area contributed by atoms with Crippen LogP contribution in [0.2, 0.25) is 0 Å². The third kappa shape index (κ3) is 2.87. The zero-order valence-corrected chi connectivity index (χ0v) is 7.89. The fourth-order valence-corrected chi connectivity index (χ4v) is 0.886. The van der Waals surface area contributed by atoms with E-state index in [1.165, 1.54) is 24.3 Å². The molecule has 0 aromatic heterocycles. The Balaban J connectivity index is 2.77. The van der Waals surface area contributed by atoms with Gasteiger partial charge in [-0.05, 0) is 12.1 Å². The lowest BCUT2D eigenvalue weighted by Gasteiger charge is -2.01. The molecule has 0 bridgehead atoms. The molecule has 0 aliphatic carbocycles. The van der Waals surface area contributed by atoms with E-state index in [4.69, 9.17) is 0 Å². The van der Waals surface area contributed by atoms with Crippen molar-refractivity contribution in [1.82, 2.24) is 0 Å². The van der Waals surface area contributed by atoms with E-state index in [-0.39, 0.29) is 5.69 Å². The average molecular weight is 208 g/mol. The molecule has 0 unspecified atom stereocenters. The molecule has 0 saturated heterocycles. The third-order valence-electron chi connectivity index (χ3n) is 1.66. The van der Waals surface area contributed by atoms with E-state index in [1.54, 1.807) is 0 Å². The monoisotopic (exact) mass is 208 g/mol. The van der Waals surface area contributed by atoms with Gasteiger partial charge in [-0.1, -0.05) is 0 Å². The number of hydrogen-bond acceptors (Lipinski definition) is 4. The number of hydrogen-bond donors (Lipinski definition) is 1. The minimum absolute atomic E-state index is 0.0733. The van der Waals surface area contributed by atoms with Crippen molar-refractivity contribution in [2.75, 3.05) is 5.32 Å². The van der Waals surface area contributed by atoms with Crippen LogP contribution in [0.15, 0.2) is 24.3 Å². The first-order chi connectivity index (χ1) is 7.00. The smallest absolute Gasteiger partial charge is 0.291 e. The average Bonchev–Trinajstić information content (AvgIpc) is 2.18. The Morgan fingerprint density at radius 2 is 1.80 bits per heavy atom. The van der Waals surface area contributed by atoms with Crippen molar-refractivity contribution in [3.63, 3.8) is 0 Å². The predicted molar refractivity (Wildman–Crippen MR) is 52.4 cm³/mol. The van der Waals surface area contributed by atoms with Gasteiger partial charge in [-0.3, -0.25) is 19.7 Å². The zero-order valence-electron chi connectivity index (χ0n) is 7.89. The second kappa shape index (κ2) is 4.32. The number of amides is 1. The van der Waals surface area contributed by atoms with Gasteiger partial charge in [0.05, 0.1) is 4.92 Å². The van der Waals surface area contributed by atoms with Gasteiger partial charge in [0, 0.05) is 24.7 Å². The molecule has 0 heterocycles. The molecule has 0 fully saturated rings. The van der Waals surface area contributed by atoms with Gasteiger partial charge in [-0.25, -0.2) is 0 Å². The van der Waals surface area contributed by atoms with Gasteiger partial charge in [-0.15, -0.1) is 0 Å². The maximum atomic E-state index is 10.9. The van der Waals surface area contributed by atoms with Crippen LogP contribution in [0.3, 0.4) is 0 Å². The highest BCUT2D eigenvalue weighted by Crippen LogP contribution is 2.15. The number of non-ortho nitro benzene ring substituents is 1. The predicted octanol–water partition coefficient (Wildman–Crippen LogP) is 1.12. The van der Waals surface area contributed by atoms with Crippen LogP contribution in [0, 0.1) is 10.1 Å². The van der Waals surface area contributed by atoms with Crippen LogP contribution >= 0.6 is 0 Å². The molecule has 0 aliphatic rings. The number of benzene rings is 1. The van der Waals surface area contributed by atoms with Crippen molar-refractivity contribution >= 4 is 23.1 Å². The molecule has 0 radical (unpaired) electrons. The van der Waals surface area contributed by atoms with E-state index in [0.29, 0.717) is 5.69 Å². The second-order valence-corrected chi connectivity index (χ2v) is 2.81. The molecular formula is C9H8N2O4. The highest BCUT2D eigenvalue weighted by atomic mass is 16.6. The van der Waals surface area contributed by atoms with Crippen molar-refractivity contribution in [2.45, 2.75) is 6.92 Å². The first-order valence-electron chi connectivity index (χ1n) is 4.07. The van der Waals surface area contributed by atoms with Gasteiger partial charge in [0.1, 0.15) is 0 Å². The molecule has 1 aromatic rings.